The Morgan fingerprint density at radius 3 is 2.94 bits per heavy atom. The predicted molar refractivity (Wildman–Crippen MR) is 64.6 cm³/mol. The van der Waals surface area contributed by atoms with Crippen LogP contribution in [0, 0.1) is 0 Å². The quantitative estimate of drug-likeness (QED) is 0.662. The van der Waals surface area contributed by atoms with Gasteiger partial charge in [-0.25, -0.2) is 0 Å². The molecule has 2 heterocycles. The molecule has 17 heavy (non-hydrogen) atoms. The van der Waals surface area contributed by atoms with Gasteiger partial charge in [0.15, 0.2) is 0 Å². The number of aromatic nitrogens is 2. The van der Waals surface area contributed by atoms with Crippen LogP contribution in [0.3, 0.4) is 0 Å². The van der Waals surface area contributed by atoms with Crippen LogP contribution in [0.5, 0.6) is 0 Å². The van der Waals surface area contributed by atoms with Gasteiger partial charge in [0.2, 0.25) is 0 Å². The first-order chi connectivity index (χ1) is 8.29. The molecule has 0 atom stereocenters. The molecule has 0 aromatic carbocycles. The van der Waals surface area contributed by atoms with Crippen LogP contribution in [0.15, 0.2) is 12.4 Å². The molecule has 2 rings (SSSR count). The van der Waals surface area contributed by atoms with Gasteiger partial charge in [0.25, 0.3) is 5.91 Å². The third kappa shape index (κ3) is 3.28. The van der Waals surface area contributed by atoms with Gasteiger partial charge in [0.1, 0.15) is 0 Å². The first kappa shape index (κ1) is 12.1. The summed E-state index contributed by atoms with van der Waals surface area (Å²) >= 11 is 0. The molecule has 1 aromatic heterocycles. The lowest BCUT2D eigenvalue weighted by Gasteiger charge is -2.31. The van der Waals surface area contributed by atoms with Crippen molar-refractivity contribution in [2.24, 2.45) is 5.73 Å². The van der Waals surface area contributed by atoms with E-state index in [9.17, 15) is 4.79 Å². The Hall–Kier alpha value is -1.40. The number of nitrogens with two attached hydrogens (primary N) is 1. The van der Waals surface area contributed by atoms with Gasteiger partial charge in [-0.15, -0.1) is 0 Å². The standard InChI is InChI=1S/C11H19N5O/c12-3-6-16-4-1-10(2-5-16)15-11(17)9-7-13-14-8-9/h7-8,10H,1-6,12H2,(H,13,14)(H,15,17). The third-order valence-corrected chi connectivity index (χ3v) is 3.13. The molecule has 0 spiro atoms. The summed E-state index contributed by atoms with van der Waals surface area (Å²) in [6.45, 7) is 3.66. The van der Waals surface area contributed by atoms with E-state index in [1.54, 1.807) is 12.4 Å². The lowest BCUT2D eigenvalue weighted by molar-refractivity contribution is 0.0912. The fraction of sp³-hybridized carbons (Fsp3) is 0.636. The summed E-state index contributed by atoms with van der Waals surface area (Å²) < 4.78 is 0. The Balaban J connectivity index is 1.76. The Bertz CT molecular complexity index is 343. The van der Waals surface area contributed by atoms with Gasteiger partial charge in [-0.3, -0.25) is 9.89 Å². The minimum absolute atomic E-state index is 0.0453. The number of amides is 1. The highest BCUT2D eigenvalue weighted by Gasteiger charge is 2.20. The average Bonchev–Trinajstić information content (AvgIpc) is 2.86. The van der Waals surface area contributed by atoms with Gasteiger partial charge in [-0.2, -0.15) is 5.10 Å². The summed E-state index contributed by atoms with van der Waals surface area (Å²) in [5, 5.41) is 9.43. The molecule has 1 aliphatic heterocycles. The highest BCUT2D eigenvalue weighted by molar-refractivity contribution is 5.93. The van der Waals surface area contributed by atoms with Crippen LogP contribution in [-0.2, 0) is 0 Å². The molecular formula is C11H19N5O. The number of aromatic amines is 1. The van der Waals surface area contributed by atoms with Gasteiger partial charge in [0, 0.05) is 38.4 Å². The molecule has 0 unspecified atom stereocenters. The monoisotopic (exact) mass is 237 g/mol. The number of rotatable bonds is 4. The van der Waals surface area contributed by atoms with Crippen LogP contribution >= 0.6 is 0 Å². The van der Waals surface area contributed by atoms with E-state index in [0.29, 0.717) is 12.1 Å². The van der Waals surface area contributed by atoms with Crippen molar-refractivity contribution >= 4 is 5.91 Å². The van der Waals surface area contributed by atoms with E-state index in [4.69, 9.17) is 5.73 Å². The molecule has 94 valence electrons. The van der Waals surface area contributed by atoms with Crippen LogP contribution in [0.1, 0.15) is 23.2 Å². The second kappa shape index (κ2) is 5.79. The molecule has 0 bridgehead atoms. The molecule has 1 aromatic rings. The number of piperidine rings is 1. The molecule has 1 amide bonds. The lowest BCUT2D eigenvalue weighted by Crippen LogP contribution is -2.45. The number of H-pyrrole nitrogens is 1. The first-order valence-electron chi connectivity index (χ1n) is 6.01. The minimum atomic E-state index is -0.0453. The molecule has 1 aliphatic rings. The first-order valence-corrected chi connectivity index (χ1v) is 6.01. The van der Waals surface area contributed by atoms with Crippen LogP contribution in [0.4, 0.5) is 0 Å². The Kier molecular flexibility index (Phi) is 4.11. The summed E-state index contributed by atoms with van der Waals surface area (Å²) in [6, 6.07) is 0.270. The molecule has 6 heteroatoms. The van der Waals surface area contributed by atoms with E-state index in [-0.39, 0.29) is 11.9 Å². The fourth-order valence-corrected chi connectivity index (χ4v) is 2.13. The Morgan fingerprint density at radius 1 is 1.59 bits per heavy atom. The molecular weight excluding hydrogens is 218 g/mol. The third-order valence-electron chi connectivity index (χ3n) is 3.13. The summed E-state index contributed by atoms with van der Waals surface area (Å²) in [6.07, 6.45) is 5.13. The predicted octanol–water partition coefficient (Wildman–Crippen LogP) is -0.437. The van der Waals surface area contributed by atoms with Gasteiger partial charge < -0.3 is 16.0 Å². The van der Waals surface area contributed by atoms with E-state index in [2.05, 4.69) is 20.4 Å². The largest absolute Gasteiger partial charge is 0.349 e. The number of carbonyl (C=O) groups is 1. The van der Waals surface area contributed by atoms with Crippen molar-refractivity contribution in [3.05, 3.63) is 18.0 Å². The zero-order valence-electron chi connectivity index (χ0n) is 9.85. The molecule has 1 saturated heterocycles. The number of nitrogens with one attached hydrogen (secondary N) is 2. The van der Waals surface area contributed by atoms with Gasteiger partial charge in [-0.05, 0) is 12.8 Å². The van der Waals surface area contributed by atoms with Crippen molar-refractivity contribution < 1.29 is 4.79 Å². The number of likely N-dealkylation sites (tertiary alicyclic amines) is 1. The van der Waals surface area contributed by atoms with Crippen molar-refractivity contribution in [2.45, 2.75) is 18.9 Å². The van der Waals surface area contributed by atoms with Crippen LogP contribution < -0.4 is 11.1 Å². The number of nitrogens with zero attached hydrogens (tertiary/aromatic N) is 2. The summed E-state index contributed by atoms with van der Waals surface area (Å²) in [4.78, 5) is 14.1. The average molecular weight is 237 g/mol. The minimum Gasteiger partial charge on any atom is -0.349 e. The Labute approximate surface area is 101 Å². The summed E-state index contributed by atoms with van der Waals surface area (Å²) in [7, 11) is 0. The maximum atomic E-state index is 11.8. The van der Waals surface area contributed by atoms with Crippen molar-refractivity contribution in [1.82, 2.24) is 20.4 Å². The number of hydrogen-bond donors (Lipinski definition) is 3. The van der Waals surface area contributed by atoms with Crippen molar-refractivity contribution in [3.63, 3.8) is 0 Å². The molecule has 0 saturated carbocycles. The SMILES string of the molecule is NCCN1CCC(NC(=O)c2cn[nH]c2)CC1. The molecule has 1 fully saturated rings. The molecule has 0 radical (unpaired) electrons. The number of hydrogen-bond acceptors (Lipinski definition) is 4. The van der Waals surface area contributed by atoms with Crippen molar-refractivity contribution in [1.29, 1.82) is 0 Å². The second-order valence-corrected chi connectivity index (χ2v) is 4.37. The van der Waals surface area contributed by atoms with E-state index < -0.39 is 0 Å². The van der Waals surface area contributed by atoms with Gasteiger partial charge >= 0.3 is 0 Å². The maximum absolute atomic E-state index is 11.8. The second-order valence-electron chi connectivity index (χ2n) is 4.37. The van der Waals surface area contributed by atoms with Crippen LogP contribution in [-0.4, -0.2) is 53.2 Å². The van der Waals surface area contributed by atoms with Gasteiger partial charge in [0.05, 0.1) is 11.8 Å². The van der Waals surface area contributed by atoms with Crippen molar-refractivity contribution in [2.75, 3.05) is 26.2 Å². The molecule has 6 nitrogen and oxygen atoms in total. The zero-order chi connectivity index (χ0) is 12.1. The van der Waals surface area contributed by atoms with E-state index in [1.807, 2.05) is 0 Å². The zero-order valence-corrected chi connectivity index (χ0v) is 9.85. The summed E-state index contributed by atoms with van der Waals surface area (Å²) in [5.41, 5.74) is 6.11. The van der Waals surface area contributed by atoms with Crippen LogP contribution in [0.2, 0.25) is 0 Å². The topological polar surface area (TPSA) is 87.0 Å². The van der Waals surface area contributed by atoms with E-state index in [1.165, 1.54) is 0 Å². The molecule has 0 aliphatic carbocycles. The maximum Gasteiger partial charge on any atom is 0.254 e. The Morgan fingerprint density at radius 2 is 2.35 bits per heavy atom. The van der Waals surface area contributed by atoms with E-state index in [0.717, 1.165) is 32.5 Å². The lowest BCUT2D eigenvalue weighted by atomic mass is 10.0. The highest BCUT2D eigenvalue weighted by atomic mass is 16.1. The highest BCUT2D eigenvalue weighted by Crippen LogP contribution is 2.10. The smallest absolute Gasteiger partial charge is 0.254 e. The van der Waals surface area contributed by atoms with Crippen molar-refractivity contribution in [3.8, 4) is 0 Å². The fourth-order valence-electron chi connectivity index (χ4n) is 2.13. The molecule has 4 N–H and O–H groups in total. The summed E-state index contributed by atoms with van der Waals surface area (Å²) in [5.74, 6) is -0.0453. The van der Waals surface area contributed by atoms with Gasteiger partial charge in [-0.1, -0.05) is 0 Å². The number of carbonyl (C=O) groups excluding carboxylic acids is 1. The van der Waals surface area contributed by atoms with Crippen LogP contribution in [0.25, 0.3) is 0 Å². The van der Waals surface area contributed by atoms with E-state index >= 15 is 0 Å². The normalized spacial score (nSPS) is 18.2.